The van der Waals surface area contributed by atoms with Crippen LogP contribution in [0.1, 0.15) is 38.5 Å². The Kier molecular flexibility index (Phi) is 7.05. The van der Waals surface area contributed by atoms with E-state index >= 15 is 0 Å². The molecule has 1 aromatic heterocycles. The molecule has 0 bridgehead atoms. The first-order valence-corrected chi connectivity index (χ1v) is 10.8. The van der Waals surface area contributed by atoms with Crippen LogP contribution < -0.4 is 14.8 Å². The summed E-state index contributed by atoms with van der Waals surface area (Å²) >= 11 is 0. The first-order chi connectivity index (χ1) is 16.1. The second-order valence-corrected chi connectivity index (χ2v) is 7.67. The van der Waals surface area contributed by atoms with Crippen molar-refractivity contribution in [3.63, 3.8) is 0 Å². The first kappa shape index (κ1) is 22.1. The topological polar surface area (TPSA) is 73.6 Å². The largest absolute Gasteiger partial charge is 0.489 e. The van der Waals surface area contributed by atoms with Gasteiger partial charge in [-0.25, -0.2) is 0 Å². The number of aryl methyl sites for hydroxylation is 2. The molecule has 0 fully saturated rings. The molecule has 0 atom stereocenters. The Labute approximate surface area is 193 Å². The Morgan fingerprint density at radius 2 is 1.55 bits per heavy atom. The van der Waals surface area contributed by atoms with Gasteiger partial charge in [0.1, 0.15) is 30.5 Å². The van der Waals surface area contributed by atoms with Crippen LogP contribution in [0.5, 0.6) is 11.5 Å². The summed E-state index contributed by atoms with van der Waals surface area (Å²) in [7, 11) is 0. The third kappa shape index (κ3) is 5.80. The predicted molar refractivity (Wildman–Crippen MR) is 125 cm³/mol. The highest BCUT2D eigenvalue weighted by Crippen LogP contribution is 2.19. The lowest BCUT2D eigenvalue weighted by Gasteiger charge is -2.12. The third-order valence-corrected chi connectivity index (χ3v) is 5.36. The smallest absolute Gasteiger partial charge is 0.251 e. The Morgan fingerprint density at radius 1 is 0.848 bits per heavy atom. The molecule has 4 rings (SSSR count). The van der Waals surface area contributed by atoms with Crippen molar-refractivity contribution in [1.82, 2.24) is 10.5 Å². The quantitative estimate of drug-likeness (QED) is 0.377. The Balaban J connectivity index is 1.36. The SMILES string of the molecule is Cc1noc(C)c1COc1cccc(C(=O)NCc2ccccc2COc2ccccc2)c1. The van der Waals surface area contributed by atoms with Crippen molar-refractivity contribution in [2.45, 2.75) is 33.6 Å². The summed E-state index contributed by atoms with van der Waals surface area (Å²) in [6, 6.07) is 24.7. The minimum absolute atomic E-state index is 0.170. The maximum absolute atomic E-state index is 12.8. The Morgan fingerprint density at radius 3 is 2.30 bits per heavy atom. The molecule has 1 N–H and O–H groups in total. The molecule has 0 saturated heterocycles. The maximum Gasteiger partial charge on any atom is 0.251 e. The number of carbonyl (C=O) groups excluding carboxylic acids is 1. The van der Waals surface area contributed by atoms with Crippen molar-refractivity contribution < 1.29 is 18.8 Å². The highest BCUT2D eigenvalue weighted by atomic mass is 16.5. The van der Waals surface area contributed by atoms with Gasteiger partial charge in [-0.05, 0) is 55.3 Å². The lowest BCUT2D eigenvalue weighted by atomic mass is 10.1. The lowest BCUT2D eigenvalue weighted by molar-refractivity contribution is 0.0950. The predicted octanol–water partition coefficient (Wildman–Crippen LogP) is 5.38. The standard InChI is InChI=1S/C27H26N2O4/c1-19-26(20(2)33-29-19)18-32-25-14-8-11-21(15-25)27(30)28-16-22-9-6-7-10-23(22)17-31-24-12-4-3-5-13-24/h3-15H,16-18H2,1-2H3,(H,28,30). The number of rotatable bonds is 9. The number of benzene rings is 3. The number of hydrogen-bond donors (Lipinski definition) is 1. The molecule has 0 aliphatic heterocycles. The fraction of sp³-hybridized carbons (Fsp3) is 0.185. The normalized spacial score (nSPS) is 10.6. The average molecular weight is 443 g/mol. The maximum atomic E-state index is 12.8. The van der Waals surface area contributed by atoms with Gasteiger partial charge in [0, 0.05) is 12.1 Å². The zero-order valence-electron chi connectivity index (χ0n) is 18.7. The second-order valence-electron chi connectivity index (χ2n) is 7.67. The number of carbonyl (C=O) groups is 1. The summed E-state index contributed by atoms with van der Waals surface area (Å²) in [6.45, 7) is 4.90. The molecule has 4 aromatic rings. The monoisotopic (exact) mass is 442 g/mol. The number of nitrogens with one attached hydrogen (secondary N) is 1. The second kappa shape index (κ2) is 10.5. The molecule has 0 aliphatic rings. The van der Waals surface area contributed by atoms with Crippen molar-refractivity contribution in [1.29, 1.82) is 0 Å². The molecule has 0 aliphatic carbocycles. The number of hydrogen-bond acceptors (Lipinski definition) is 5. The fourth-order valence-electron chi connectivity index (χ4n) is 3.42. The van der Waals surface area contributed by atoms with E-state index in [2.05, 4.69) is 10.5 Å². The van der Waals surface area contributed by atoms with E-state index < -0.39 is 0 Å². The molecule has 0 unspecified atom stereocenters. The zero-order valence-corrected chi connectivity index (χ0v) is 18.7. The summed E-state index contributed by atoms with van der Waals surface area (Å²) in [4.78, 5) is 12.8. The summed E-state index contributed by atoms with van der Waals surface area (Å²) in [5.41, 5.74) is 4.28. The van der Waals surface area contributed by atoms with Crippen molar-refractivity contribution in [2.75, 3.05) is 0 Å². The third-order valence-electron chi connectivity index (χ3n) is 5.36. The summed E-state index contributed by atoms with van der Waals surface area (Å²) in [6.07, 6.45) is 0. The lowest BCUT2D eigenvalue weighted by Crippen LogP contribution is -2.23. The van der Waals surface area contributed by atoms with E-state index in [1.165, 1.54) is 0 Å². The zero-order chi connectivity index (χ0) is 23.0. The van der Waals surface area contributed by atoms with Gasteiger partial charge < -0.3 is 19.3 Å². The van der Waals surface area contributed by atoms with Gasteiger partial charge in [-0.1, -0.05) is 53.7 Å². The minimum Gasteiger partial charge on any atom is -0.489 e. The van der Waals surface area contributed by atoms with Crippen molar-refractivity contribution in [3.8, 4) is 11.5 Å². The van der Waals surface area contributed by atoms with Gasteiger partial charge in [0.05, 0.1) is 11.3 Å². The molecule has 6 heteroatoms. The summed E-state index contributed by atoms with van der Waals surface area (Å²) in [5, 5.41) is 6.93. The molecular weight excluding hydrogens is 416 g/mol. The number of aromatic nitrogens is 1. The van der Waals surface area contributed by atoms with Crippen LogP contribution >= 0.6 is 0 Å². The van der Waals surface area contributed by atoms with E-state index in [0.717, 1.165) is 33.9 Å². The van der Waals surface area contributed by atoms with E-state index in [1.54, 1.807) is 18.2 Å². The van der Waals surface area contributed by atoms with Gasteiger partial charge in [0.15, 0.2) is 0 Å². The molecule has 0 radical (unpaired) electrons. The summed E-state index contributed by atoms with van der Waals surface area (Å²) in [5.74, 6) is 1.98. The van der Waals surface area contributed by atoms with Crippen LogP contribution in [0.2, 0.25) is 0 Å². The molecule has 33 heavy (non-hydrogen) atoms. The minimum atomic E-state index is -0.170. The van der Waals surface area contributed by atoms with Crippen LogP contribution in [-0.2, 0) is 19.8 Å². The summed E-state index contributed by atoms with van der Waals surface area (Å²) < 4.78 is 16.9. The first-order valence-electron chi connectivity index (χ1n) is 10.8. The molecule has 3 aromatic carbocycles. The molecule has 1 heterocycles. The molecule has 0 saturated carbocycles. The number of nitrogens with zero attached hydrogens (tertiary/aromatic N) is 1. The van der Waals surface area contributed by atoms with Gasteiger partial charge in [-0.15, -0.1) is 0 Å². The average Bonchev–Trinajstić information content (AvgIpc) is 3.18. The van der Waals surface area contributed by atoms with Gasteiger partial charge in [-0.3, -0.25) is 4.79 Å². The number of para-hydroxylation sites is 1. The van der Waals surface area contributed by atoms with Crippen molar-refractivity contribution in [2.24, 2.45) is 0 Å². The van der Waals surface area contributed by atoms with Gasteiger partial charge in [0.2, 0.25) is 0 Å². The van der Waals surface area contributed by atoms with E-state index in [9.17, 15) is 4.79 Å². The van der Waals surface area contributed by atoms with E-state index in [0.29, 0.717) is 31.1 Å². The van der Waals surface area contributed by atoms with Crippen LogP contribution in [0.15, 0.2) is 83.4 Å². The van der Waals surface area contributed by atoms with Crippen LogP contribution in [0.25, 0.3) is 0 Å². The fourth-order valence-corrected chi connectivity index (χ4v) is 3.42. The van der Waals surface area contributed by atoms with Gasteiger partial charge in [-0.2, -0.15) is 0 Å². The number of amides is 1. The number of ether oxygens (including phenoxy) is 2. The highest BCUT2D eigenvalue weighted by Gasteiger charge is 2.12. The van der Waals surface area contributed by atoms with E-state index in [-0.39, 0.29) is 5.91 Å². The van der Waals surface area contributed by atoms with Crippen LogP contribution in [0.4, 0.5) is 0 Å². The molecule has 6 nitrogen and oxygen atoms in total. The van der Waals surface area contributed by atoms with Gasteiger partial charge >= 0.3 is 0 Å². The van der Waals surface area contributed by atoms with Crippen LogP contribution in [0.3, 0.4) is 0 Å². The molecule has 0 spiro atoms. The van der Waals surface area contributed by atoms with E-state index in [4.69, 9.17) is 14.0 Å². The molecule has 1 amide bonds. The molecule has 168 valence electrons. The van der Waals surface area contributed by atoms with Crippen LogP contribution in [-0.4, -0.2) is 11.1 Å². The van der Waals surface area contributed by atoms with E-state index in [1.807, 2.05) is 74.5 Å². The Hall–Kier alpha value is -4.06. The van der Waals surface area contributed by atoms with Crippen molar-refractivity contribution in [3.05, 3.63) is 113 Å². The Bertz CT molecular complexity index is 1200. The van der Waals surface area contributed by atoms with Crippen molar-refractivity contribution >= 4 is 5.91 Å². The van der Waals surface area contributed by atoms with Gasteiger partial charge in [0.25, 0.3) is 5.91 Å². The molecular formula is C27H26N2O4. The highest BCUT2D eigenvalue weighted by molar-refractivity contribution is 5.94. The van der Waals surface area contributed by atoms with Crippen LogP contribution in [0, 0.1) is 13.8 Å².